The molecule has 0 saturated heterocycles. The van der Waals surface area contributed by atoms with E-state index in [1.165, 1.54) is 12.1 Å². The third-order valence-corrected chi connectivity index (χ3v) is 3.15. The van der Waals surface area contributed by atoms with Crippen molar-refractivity contribution in [1.82, 2.24) is 9.55 Å². The molecule has 0 spiro atoms. The average Bonchev–Trinajstić information content (AvgIpc) is 2.40. The van der Waals surface area contributed by atoms with Crippen LogP contribution in [-0.4, -0.2) is 9.55 Å². The fourth-order valence-electron chi connectivity index (χ4n) is 2.12. The molecular formula is C15H11FN2O2. The Morgan fingerprint density at radius 2 is 1.75 bits per heavy atom. The van der Waals surface area contributed by atoms with Gasteiger partial charge in [-0.25, -0.2) is 13.8 Å². The molecule has 0 amide bonds. The lowest BCUT2D eigenvalue weighted by atomic mass is 10.2. The SMILES string of the molecule is Cc1ccc(-n2c(=O)[nH]c3cc(F)ccc3c2=O)cc1. The number of aromatic nitrogens is 2. The first-order valence-electron chi connectivity index (χ1n) is 6.08. The molecular weight excluding hydrogens is 259 g/mol. The molecule has 4 nitrogen and oxygen atoms in total. The number of nitrogens with zero attached hydrogens (tertiary/aromatic N) is 1. The van der Waals surface area contributed by atoms with E-state index in [1.54, 1.807) is 12.1 Å². The minimum Gasteiger partial charge on any atom is -0.306 e. The van der Waals surface area contributed by atoms with Crippen molar-refractivity contribution in [3.05, 3.63) is 74.7 Å². The molecule has 1 heterocycles. The van der Waals surface area contributed by atoms with Gasteiger partial charge in [0, 0.05) is 0 Å². The summed E-state index contributed by atoms with van der Waals surface area (Å²) in [6.07, 6.45) is 0. The molecule has 0 aliphatic carbocycles. The molecule has 1 aromatic heterocycles. The lowest BCUT2D eigenvalue weighted by molar-refractivity contribution is 0.629. The van der Waals surface area contributed by atoms with Crippen LogP contribution in [-0.2, 0) is 0 Å². The monoisotopic (exact) mass is 270 g/mol. The van der Waals surface area contributed by atoms with Gasteiger partial charge in [-0.1, -0.05) is 17.7 Å². The second kappa shape index (κ2) is 4.45. The van der Waals surface area contributed by atoms with Gasteiger partial charge in [0.15, 0.2) is 0 Å². The number of halogens is 1. The molecule has 0 fully saturated rings. The molecule has 3 aromatic rings. The van der Waals surface area contributed by atoms with E-state index >= 15 is 0 Å². The summed E-state index contributed by atoms with van der Waals surface area (Å²) in [5.41, 5.74) is 0.655. The summed E-state index contributed by atoms with van der Waals surface area (Å²) in [6.45, 7) is 1.92. The predicted octanol–water partition coefficient (Wildman–Crippen LogP) is 2.13. The molecule has 3 rings (SSSR count). The highest BCUT2D eigenvalue weighted by molar-refractivity contribution is 5.77. The maximum absolute atomic E-state index is 13.1. The molecule has 2 aromatic carbocycles. The van der Waals surface area contributed by atoms with E-state index in [1.807, 2.05) is 19.1 Å². The van der Waals surface area contributed by atoms with Crippen molar-refractivity contribution in [2.45, 2.75) is 6.92 Å². The van der Waals surface area contributed by atoms with Gasteiger partial charge in [0.25, 0.3) is 5.56 Å². The third-order valence-electron chi connectivity index (χ3n) is 3.15. The maximum atomic E-state index is 13.1. The van der Waals surface area contributed by atoms with Crippen molar-refractivity contribution >= 4 is 10.9 Å². The third kappa shape index (κ3) is 1.93. The molecule has 20 heavy (non-hydrogen) atoms. The Morgan fingerprint density at radius 1 is 1.05 bits per heavy atom. The smallest absolute Gasteiger partial charge is 0.306 e. The summed E-state index contributed by atoms with van der Waals surface area (Å²) in [7, 11) is 0. The molecule has 0 aliphatic heterocycles. The Bertz CT molecular complexity index is 908. The second-order valence-electron chi connectivity index (χ2n) is 4.60. The van der Waals surface area contributed by atoms with Crippen LogP contribution in [0.15, 0.2) is 52.1 Å². The minimum atomic E-state index is -0.586. The Morgan fingerprint density at radius 3 is 2.45 bits per heavy atom. The molecule has 1 N–H and O–H groups in total. The number of fused-ring (bicyclic) bond motifs is 1. The first-order chi connectivity index (χ1) is 9.56. The van der Waals surface area contributed by atoms with Crippen LogP contribution in [0.5, 0.6) is 0 Å². The fourth-order valence-corrected chi connectivity index (χ4v) is 2.12. The van der Waals surface area contributed by atoms with Gasteiger partial charge < -0.3 is 4.98 Å². The quantitative estimate of drug-likeness (QED) is 0.736. The Hall–Kier alpha value is -2.69. The van der Waals surface area contributed by atoms with Crippen LogP contribution in [0.3, 0.4) is 0 Å². The van der Waals surface area contributed by atoms with E-state index < -0.39 is 17.1 Å². The van der Waals surface area contributed by atoms with E-state index in [0.717, 1.165) is 16.2 Å². The van der Waals surface area contributed by atoms with Crippen LogP contribution in [0.2, 0.25) is 0 Å². The summed E-state index contributed by atoms with van der Waals surface area (Å²) in [4.78, 5) is 26.9. The molecule has 100 valence electrons. The van der Waals surface area contributed by atoms with Crippen LogP contribution in [0, 0.1) is 12.7 Å². The van der Waals surface area contributed by atoms with Gasteiger partial charge in [-0.3, -0.25) is 4.79 Å². The Balaban J connectivity index is 2.37. The second-order valence-corrected chi connectivity index (χ2v) is 4.60. The number of hydrogen-bond donors (Lipinski definition) is 1. The van der Waals surface area contributed by atoms with Gasteiger partial charge in [-0.15, -0.1) is 0 Å². The topological polar surface area (TPSA) is 54.9 Å². The van der Waals surface area contributed by atoms with Crippen LogP contribution in [0.4, 0.5) is 4.39 Å². The summed E-state index contributed by atoms with van der Waals surface area (Å²) in [6, 6.07) is 10.7. The van der Waals surface area contributed by atoms with E-state index in [4.69, 9.17) is 0 Å². The van der Waals surface area contributed by atoms with Crippen molar-refractivity contribution in [3.63, 3.8) is 0 Å². The van der Waals surface area contributed by atoms with Gasteiger partial charge in [0.1, 0.15) is 5.82 Å². The normalized spacial score (nSPS) is 10.9. The molecule has 0 saturated carbocycles. The maximum Gasteiger partial charge on any atom is 0.333 e. The highest BCUT2D eigenvalue weighted by Gasteiger charge is 2.09. The van der Waals surface area contributed by atoms with Crippen LogP contribution in [0.1, 0.15) is 5.56 Å². The number of hydrogen-bond acceptors (Lipinski definition) is 2. The molecule has 5 heteroatoms. The Labute approximate surface area is 113 Å². The summed E-state index contributed by atoms with van der Waals surface area (Å²) in [5.74, 6) is -0.499. The zero-order chi connectivity index (χ0) is 14.3. The first-order valence-corrected chi connectivity index (χ1v) is 6.08. The van der Waals surface area contributed by atoms with Gasteiger partial charge in [0.05, 0.1) is 16.6 Å². The lowest BCUT2D eigenvalue weighted by Gasteiger charge is -2.06. The number of H-pyrrole nitrogens is 1. The molecule has 0 aliphatic rings. The minimum absolute atomic E-state index is 0.198. The van der Waals surface area contributed by atoms with Crippen molar-refractivity contribution in [2.24, 2.45) is 0 Å². The predicted molar refractivity (Wildman–Crippen MR) is 74.9 cm³/mol. The van der Waals surface area contributed by atoms with E-state index in [2.05, 4.69) is 4.98 Å². The lowest BCUT2D eigenvalue weighted by Crippen LogP contribution is -2.33. The van der Waals surface area contributed by atoms with Crippen LogP contribution < -0.4 is 11.2 Å². The van der Waals surface area contributed by atoms with Gasteiger partial charge in [0.2, 0.25) is 0 Å². The molecule has 0 bridgehead atoms. The van der Waals surface area contributed by atoms with Gasteiger partial charge in [-0.2, -0.15) is 0 Å². The number of aryl methyl sites for hydroxylation is 1. The van der Waals surface area contributed by atoms with Gasteiger partial charge in [-0.05, 0) is 37.3 Å². The molecule has 0 unspecified atom stereocenters. The van der Waals surface area contributed by atoms with Crippen LogP contribution >= 0.6 is 0 Å². The summed E-state index contributed by atoms with van der Waals surface area (Å²) < 4.78 is 14.2. The van der Waals surface area contributed by atoms with Crippen LogP contribution in [0.25, 0.3) is 16.6 Å². The average molecular weight is 270 g/mol. The zero-order valence-corrected chi connectivity index (χ0v) is 10.7. The van der Waals surface area contributed by atoms with E-state index in [-0.39, 0.29) is 10.9 Å². The van der Waals surface area contributed by atoms with Crippen molar-refractivity contribution in [1.29, 1.82) is 0 Å². The van der Waals surface area contributed by atoms with E-state index in [0.29, 0.717) is 5.69 Å². The van der Waals surface area contributed by atoms with Crippen molar-refractivity contribution in [3.8, 4) is 5.69 Å². The number of aromatic amines is 1. The molecule has 0 atom stereocenters. The first kappa shape index (κ1) is 12.3. The van der Waals surface area contributed by atoms with Crippen molar-refractivity contribution in [2.75, 3.05) is 0 Å². The Kier molecular flexibility index (Phi) is 2.75. The number of benzene rings is 2. The largest absolute Gasteiger partial charge is 0.333 e. The molecule has 0 radical (unpaired) electrons. The zero-order valence-electron chi connectivity index (χ0n) is 10.7. The highest BCUT2D eigenvalue weighted by Crippen LogP contribution is 2.10. The highest BCUT2D eigenvalue weighted by atomic mass is 19.1. The van der Waals surface area contributed by atoms with E-state index in [9.17, 15) is 14.0 Å². The number of rotatable bonds is 1. The summed E-state index contributed by atoms with van der Waals surface area (Å²) in [5, 5.41) is 0.270. The standard InChI is InChI=1S/C15H11FN2O2/c1-9-2-5-11(6-3-9)18-14(19)12-7-4-10(16)8-13(12)17-15(18)20/h2-8H,1H3,(H,17,20). The number of nitrogens with one attached hydrogen (secondary N) is 1. The summed E-state index contributed by atoms with van der Waals surface area (Å²) >= 11 is 0. The van der Waals surface area contributed by atoms with Gasteiger partial charge >= 0.3 is 5.69 Å². The fraction of sp³-hybridized carbons (Fsp3) is 0.0667. The van der Waals surface area contributed by atoms with Crippen molar-refractivity contribution < 1.29 is 4.39 Å².